The first kappa shape index (κ1) is 14.2. The van der Waals surface area contributed by atoms with Crippen molar-refractivity contribution in [3.63, 3.8) is 0 Å². The van der Waals surface area contributed by atoms with Gasteiger partial charge < -0.3 is 0 Å². The molecule has 1 rings (SSSR count). The summed E-state index contributed by atoms with van der Waals surface area (Å²) in [6.45, 7) is 6.59. The van der Waals surface area contributed by atoms with Gasteiger partial charge in [-0.05, 0) is 49.2 Å². The molecule has 96 valence electrons. The van der Waals surface area contributed by atoms with Gasteiger partial charge in [0.15, 0.2) is 5.78 Å². The van der Waals surface area contributed by atoms with E-state index in [0.717, 1.165) is 36.8 Å². The second-order valence-corrected chi connectivity index (χ2v) is 5.41. The van der Waals surface area contributed by atoms with Crippen molar-refractivity contribution in [3.05, 3.63) is 23.3 Å². The van der Waals surface area contributed by atoms with Gasteiger partial charge in [0.2, 0.25) is 0 Å². The van der Waals surface area contributed by atoms with E-state index in [4.69, 9.17) is 0 Å². The van der Waals surface area contributed by atoms with Crippen LogP contribution in [0.2, 0.25) is 0 Å². The normalized spacial score (nSPS) is 21.1. The van der Waals surface area contributed by atoms with Crippen molar-refractivity contribution in [2.75, 3.05) is 0 Å². The van der Waals surface area contributed by atoms with E-state index in [1.165, 1.54) is 19.3 Å². The average Bonchev–Trinajstić information content (AvgIpc) is 2.63. The number of ketones is 1. The molecule has 1 aliphatic rings. The zero-order chi connectivity index (χ0) is 12.7. The quantitative estimate of drug-likeness (QED) is 0.475. The smallest absolute Gasteiger partial charge is 0.184 e. The predicted octanol–water partition coefficient (Wildman–Crippen LogP) is 4.83. The van der Waals surface area contributed by atoms with Crippen LogP contribution < -0.4 is 0 Å². The van der Waals surface area contributed by atoms with E-state index in [1.807, 2.05) is 0 Å². The SMILES string of the molecule is CCCCCC=C1CCC(=CCC(C)C)C1=O. The van der Waals surface area contributed by atoms with Crippen LogP contribution in [0.25, 0.3) is 0 Å². The Hall–Kier alpha value is -0.850. The Morgan fingerprint density at radius 1 is 1.12 bits per heavy atom. The van der Waals surface area contributed by atoms with Gasteiger partial charge >= 0.3 is 0 Å². The molecule has 0 aromatic rings. The summed E-state index contributed by atoms with van der Waals surface area (Å²) >= 11 is 0. The number of carbonyl (C=O) groups excluding carboxylic acids is 1. The minimum Gasteiger partial charge on any atom is -0.289 e. The molecule has 0 amide bonds. The molecule has 0 bridgehead atoms. The first-order chi connectivity index (χ1) is 8.15. The molecule has 1 saturated carbocycles. The van der Waals surface area contributed by atoms with E-state index in [-0.39, 0.29) is 0 Å². The predicted molar refractivity (Wildman–Crippen MR) is 74.0 cm³/mol. The zero-order valence-corrected chi connectivity index (χ0v) is 11.6. The van der Waals surface area contributed by atoms with E-state index < -0.39 is 0 Å². The summed E-state index contributed by atoms with van der Waals surface area (Å²) in [5.74, 6) is 0.968. The summed E-state index contributed by atoms with van der Waals surface area (Å²) in [6.07, 6.45) is 12.1. The fourth-order valence-corrected chi connectivity index (χ4v) is 2.14. The monoisotopic (exact) mass is 234 g/mol. The highest BCUT2D eigenvalue weighted by atomic mass is 16.1. The van der Waals surface area contributed by atoms with Gasteiger partial charge in [0, 0.05) is 0 Å². The van der Waals surface area contributed by atoms with Crippen LogP contribution in [0.5, 0.6) is 0 Å². The van der Waals surface area contributed by atoms with E-state index in [0.29, 0.717) is 11.7 Å². The second-order valence-electron chi connectivity index (χ2n) is 5.41. The molecular weight excluding hydrogens is 208 g/mol. The molecule has 1 nitrogen and oxygen atoms in total. The van der Waals surface area contributed by atoms with Crippen LogP contribution in [0.15, 0.2) is 23.3 Å². The number of Topliss-reactive ketones (excluding diaryl/α,β-unsaturated/α-hetero) is 1. The van der Waals surface area contributed by atoms with Crippen LogP contribution >= 0.6 is 0 Å². The highest BCUT2D eigenvalue weighted by molar-refractivity contribution is 6.10. The molecule has 0 atom stereocenters. The Balaban J connectivity index is 2.46. The van der Waals surface area contributed by atoms with E-state index in [1.54, 1.807) is 0 Å². The summed E-state index contributed by atoms with van der Waals surface area (Å²) < 4.78 is 0. The molecule has 0 radical (unpaired) electrons. The van der Waals surface area contributed by atoms with Crippen molar-refractivity contribution in [1.29, 1.82) is 0 Å². The number of unbranched alkanes of at least 4 members (excludes halogenated alkanes) is 3. The number of rotatable bonds is 6. The van der Waals surface area contributed by atoms with Gasteiger partial charge in [0.25, 0.3) is 0 Å². The third-order valence-electron chi connectivity index (χ3n) is 3.28. The van der Waals surface area contributed by atoms with Crippen molar-refractivity contribution in [3.8, 4) is 0 Å². The van der Waals surface area contributed by atoms with E-state index >= 15 is 0 Å². The van der Waals surface area contributed by atoms with Gasteiger partial charge in [-0.2, -0.15) is 0 Å². The number of allylic oxidation sites excluding steroid dienone is 4. The van der Waals surface area contributed by atoms with Crippen molar-refractivity contribution in [2.45, 2.75) is 65.7 Å². The fourth-order valence-electron chi connectivity index (χ4n) is 2.14. The molecule has 0 aliphatic heterocycles. The second kappa shape index (κ2) is 7.47. The molecule has 0 aromatic heterocycles. The van der Waals surface area contributed by atoms with E-state index in [2.05, 4.69) is 32.9 Å². The number of hydrogen-bond acceptors (Lipinski definition) is 1. The molecule has 1 heteroatoms. The summed E-state index contributed by atoms with van der Waals surface area (Å²) in [5, 5.41) is 0. The minimum absolute atomic E-state index is 0.321. The minimum atomic E-state index is 0.321. The van der Waals surface area contributed by atoms with Crippen LogP contribution in [0.4, 0.5) is 0 Å². The Morgan fingerprint density at radius 3 is 2.35 bits per heavy atom. The fraction of sp³-hybridized carbons (Fsp3) is 0.688. The molecule has 0 N–H and O–H groups in total. The van der Waals surface area contributed by atoms with Gasteiger partial charge in [-0.25, -0.2) is 0 Å². The van der Waals surface area contributed by atoms with Gasteiger partial charge in [0.1, 0.15) is 0 Å². The van der Waals surface area contributed by atoms with Crippen molar-refractivity contribution < 1.29 is 4.79 Å². The van der Waals surface area contributed by atoms with Gasteiger partial charge in [0.05, 0.1) is 0 Å². The maximum Gasteiger partial charge on any atom is 0.184 e. The Bertz CT molecular complexity index is 307. The molecule has 1 aliphatic carbocycles. The lowest BCUT2D eigenvalue weighted by atomic mass is 10.1. The van der Waals surface area contributed by atoms with Crippen molar-refractivity contribution >= 4 is 5.78 Å². The molecule has 0 unspecified atom stereocenters. The van der Waals surface area contributed by atoms with Crippen LogP contribution in [0, 0.1) is 5.92 Å². The third kappa shape index (κ3) is 4.89. The van der Waals surface area contributed by atoms with Crippen LogP contribution in [0.3, 0.4) is 0 Å². The maximum atomic E-state index is 12.0. The standard InChI is InChI=1S/C16H26O/c1-4-5-6-7-8-14-11-12-15(16(14)17)10-9-13(2)3/h8,10,13H,4-7,9,11-12H2,1-3H3. The highest BCUT2D eigenvalue weighted by Gasteiger charge is 2.22. The Morgan fingerprint density at radius 2 is 1.76 bits per heavy atom. The molecular formula is C16H26O. The molecule has 1 fully saturated rings. The molecule has 0 saturated heterocycles. The van der Waals surface area contributed by atoms with Crippen molar-refractivity contribution in [2.24, 2.45) is 5.92 Å². The molecule has 0 spiro atoms. The van der Waals surface area contributed by atoms with Crippen molar-refractivity contribution in [1.82, 2.24) is 0 Å². The maximum absolute atomic E-state index is 12.0. The summed E-state index contributed by atoms with van der Waals surface area (Å²) in [6, 6.07) is 0. The molecule has 17 heavy (non-hydrogen) atoms. The number of carbonyl (C=O) groups is 1. The molecule has 0 aromatic carbocycles. The number of hydrogen-bond donors (Lipinski definition) is 0. The lowest BCUT2D eigenvalue weighted by Gasteiger charge is -1.99. The van der Waals surface area contributed by atoms with Gasteiger partial charge in [-0.3, -0.25) is 4.79 Å². The summed E-state index contributed by atoms with van der Waals surface area (Å²) in [4.78, 5) is 12.0. The van der Waals surface area contributed by atoms with E-state index in [9.17, 15) is 4.79 Å². The third-order valence-corrected chi connectivity index (χ3v) is 3.28. The molecule has 0 heterocycles. The highest BCUT2D eigenvalue weighted by Crippen LogP contribution is 2.27. The lowest BCUT2D eigenvalue weighted by Crippen LogP contribution is -1.96. The topological polar surface area (TPSA) is 17.1 Å². The Kier molecular flexibility index (Phi) is 6.25. The summed E-state index contributed by atoms with van der Waals surface area (Å²) in [7, 11) is 0. The first-order valence-corrected chi connectivity index (χ1v) is 7.08. The van der Waals surface area contributed by atoms with Gasteiger partial charge in [-0.15, -0.1) is 0 Å². The lowest BCUT2D eigenvalue weighted by molar-refractivity contribution is -0.111. The first-order valence-electron chi connectivity index (χ1n) is 7.08. The summed E-state index contributed by atoms with van der Waals surface area (Å²) in [5.41, 5.74) is 2.12. The van der Waals surface area contributed by atoms with Crippen LogP contribution in [0.1, 0.15) is 65.7 Å². The average molecular weight is 234 g/mol. The van der Waals surface area contributed by atoms with Crippen LogP contribution in [-0.4, -0.2) is 5.78 Å². The van der Waals surface area contributed by atoms with Crippen LogP contribution in [-0.2, 0) is 4.79 Å². The van der Waals surface area contributed by atoms with Gasteiger partial charge in [-0.1, -0.05) is 45.8 Å². The largest absolute Gasteiger partial charge is 0.289 e. The zero-order valence-electron chi connectivity index (χ0n) is 11.6. The Labute approximate surface area is 106 Å².